The van der Waals surface area contributed by atoms with Crippen LogP contribution in [0.4, 0.5) is 26.3 Å². The maximum Gasteiger partial charge on any atom is 1.00 e. The number of carboxylic acids is 3. The molecule has 0 amide bonds. The van der Waals surface area contributed by atoms with Gasteiger partial charge in [0.15, 0.2) is 0 Å². The van der Waals surface area contributed by atoms with Crippen LogP contribution < -0.4 is 104 Å². The third-order valence-electron chi connectivity index (χ3n) is 25.9. The quantitative estimate of drug-likeness (QED) is 0.0138. The van der Waals surface area contributed by atoms with Crippen LogP contribution in [0.15, 0.2) is 362 Å². The van der Waals surface area contributed by atoms with Gasteiger partial charge in [0, 0.05) is 88.0 Å². The summed E-state index contributed by atoms with van der Waals surface area (Å²) in [5, 5.41) is 67.4. The van der Waals surface area contributed by atoms with Gasteiger partial charge in [-0.3, -0.25) is 13.7 Å². The Labute approximate surface area is 928 Å². The third-order valence-corrected chi connectivity index (χ3v) is 31.6. The molecule has 0 bridgehead atoms. The van der Waals surface area contributed by atoms with Crippen LogP contribution in [-0.4, -0.2) is 107 Å². The van der Waals surface area contributed by atoms with Crippen molar-refractivity contribution in [3.63, 3.8) is 0 Å². The predicted octanol–water partition coefficient (Wildman–Crippen LogP) is 10.6. The fourth-order valence-electron chi connectivity index (χ4n) is 18.5. The molecule has 150 heavy (non-hydrogen) atoms. The van der Waals surface area contributed by atoms with E-state index in [0.29, 0.717) is 69.1 Å². The normalized spacial score (nSPS) is 13.2. The summed E-state index contributed by atoms with van der Waals surface area (Å²) in [5.74, 6) is -4.05. The number of para-hydroxylation sites is 3. The topological polar surface area (TPSA) is 424 Å². The summed E-state index contributed by atoms with van der Waals surface area (Å²) in [6, 6.07) is 99.4. The Hall–Kier alpha value is -12.4. The number of aromatic carboxylic acids is 3. The molecule has 0 spiro atoms. The fraction of sp³-hybridized carbons (Fsp3) is 0.111. The van der Waals surface area contributed by atoms with Crippen molar-refractivity contribution in [2.24, 2.45) is 0 Å². The van der Waals surface area contributed by atoms with Crippen LogP contribution >= 0.6 is 56.8 Å². The first-order valence-corrected chi connectivity index (χ1v) is 52.6. The SMILES string of the molecule is O=C([O-])c1ccc2scc(-c3ccc(CC(Cc4ccc(C(F)(F)P(=O)(O)O)cc4)(c4ccccc4)n4nnc5ccccc54)cc3)c2n1.O=C([O-])c1ccc2scc(-c3ccc(CC(Cc4ccc(C(F)(F)P(=O)(O)O)cc4)(c4ccccc4)n4nnc5ccccc54)cc3)c2n1.O=C([O-])c1ccc2scc(-c3ccc(CC(Cc4ccc(C(F)(F)P(=O)(O)O)cc4)(c4ccccc4)n4nnc5ccccc54)cc3)c2n1.[Na+].[Na+].[Na+]. The molecule has 738 valence electrons. The molecular formula is C108H78F6N12Na3O15P3S3. The van der Waals surface area contributed by atoms with E-state index >= 15 is 0 Å². The number of aromatic nitrogens is 12. The van der Waals surface area contributed by atoms with Gasteiger partial charge in [-0.05, 0) is 140 Å². The van der Waals surface area contributed by atoms with Gasteiger partial charge in [0.1, 0.15) is 16.6 Å². The smallest absolute Gasteiger partial charge is 0.543 e. The van der Waals surface area contributed by atoms with E-state index in [-0.39, 0.29) is 125 Å². The van der Waals surface area contributed by atoms with E-state index in [0.717, 1.165) is 134 Å². The number of nitrogens with zero attached hydrogens (tertiary/aromatic N) is 12. The Morgan fingerprint density at radius 1 is 0.273 bits per heavy atom. The average molecular weight is 2160 g/mol. The summed E-state index contributed by atoms with van der Waals surface area (Å²) in [5.41, 5.74) is -0.423. The van der Waals surface area contributed by atoms with Crippen molar-refractivity contribution < 1.29 is 188 Å². The first kappa shape index (κ1) is 110. The summed E-state index contributed by atoms with van der Waals surface area (Å²) in [4.78, 5) is 103. The van der Waals surface area contributed by atoms with Gasteiger partial charge in [0.25, 0.3) is 0 Å². The van der Waals surface area contributed by atoms with Gasteiger partial charge in [-0.15, -0.1) is 49.3 Å². The van der Waals surface area contributed by atoms with Crippen LogP contribution in [0, 0.1) is 0 Å². The predicted molar refractivity (Wildman–Crippen MR) is 541 cm³/mol. The largest absolute Gasteiger partial charge is 1.00 e. The minimum atomic E-state index is -5.74. The molecule has 0 saturated heterocycles. The van der Waals surface area contributed by atoms with Gasteiger partial charge in [0.2, 0.25) is 0 Å². The van der Waals surface area contributed by atoms with E-state index in [1.807, 2.05) is 267 Å². The minimum Gasteiger partial charge on any atom is -0.543 e. The maximum absolute atomic E-state index is 14.5. The number of hydrogen-bond acceptors (Lipinski definition) is 21. The molecule has 21 rings (SSSR count). The molecular weight excluding hydrogens is 2080 g/mol. The molecule has 9 aromatic heterocycles. The fourth-order valence-corrected chi connectivity index (χ4v) is 22.7. The zero-order valence-electron chi connectivity index (χ0n) is 79.4. The first-order valence-electron chi connectivity index (χ1n) is 45.1. The van der Waals surface area contributed by atoms with E-state index in [1.54, 1.807) is 18.2 Å². The second kappa shape index (κ2) is 44.9. The number of alkyl halides is 6. The molecule has 0 aliphatic heterocycles. The van der Waals surface area contributed by atoms with Crippen LogP contribution in [0.5, 0.6) is 0 Å². The van der Waals surface area contributed by atoms with Crippen LogP contribution in [0.2, 0.25) is 0 Å². The summed E-state index contributed by atoms with van der Waals surface area (Å²) >= 11 is 4.38. The second-order valence-electron chi connectivity index (χ2n) is 35.1. The monoisotopic (exact) mass is 2150 g/mol. The molecule has 12 aromatic carbocycles. The number of thiophene rings is 3. The van der Waals surface area contributed by atoms with Crippen molar-refractivity contribution in [2.75, 3.05) is 0 Å². The van der Waals surface area contributed by atoms with Gasteiger partial charge in [-0.25, -0.2) is 29.0 Å². The van der Waals surface area contributed by atoms with Crippen LogP contribution in [0.25, 0.3) is 97.1 Å². The molecule has 21 aromatic rings. The minimum absolute atomic E-state index is 0. The molecule has 3 atom stereocenters. The van der Waals surface area contributed by atoms with Crippen molar-refractivity contribution in [2.45, 2.75) is 72.1 Å². The van der Waals surface area contributed by atoms with Crippen molar-refractivity contribution >= 4 is 138 Å². The van der Waals surface area contributed by atoms with E-state index in [9.17, 15) is 99.1 Å². The number of pyridine rings is 3. The number of fused-ring (bicyclic) bond motifs is 6. The number of hydrogen-bond donors (Lipinski definition) is 6. The number of carbonyl (C=O) groups is 3. The van der Waals surface area contributed by atoms with Crippen LogP contribution in [0.1, 0.15) is 98.2 Å². The first-order chi connectivity index (χ1) is 70.4. The van der Waals surface area contributed by atoms with Crippen LogP contribution in [0.3, 0.4) is 0 Å². The third kappa shape index (κ3) is 22.2. The number of rotatable bonds is 30. The van der Waals surface area contributed by atoms with Crippen molar-refractivity contribution in [3.8, 4) is 33.4 Å². The van der Waals surface area contributed by atoms with E-state index < -0.39 is 91.0 Å². The molecule has 0 aliphatic carbocycles. The molecule has 0 fully saturated rings. The van der Waals surface area contributed by atoms with Crippen molar-refractivity contribution in [3.05, 3.63) is 446 Å². The molecule has 9 heterocycles. The average Bonchev–Trinajstić information content (AvgIpc) is 1.57. The molecule has 0 aliphatic rings. The number of benzene rings is 12. The Bertz CT molecular complexity index is 7900. The Morgan fingerprint density at radius 3 is 0.693 bits per heavy atom. The van der Waals surface area contributed by atoms with E-state index in [2.05, 4.69) is 45.9 Å². The Balaban J connectivity index is 0.000000159. The molecule has 0 radical (unpaired) electrons. The number of carbonyl (C=O) groups excluding carboxylic acids is 3. The van der Waals surface area contributed by atoms with E-state index in [1.165, 1.54) is 88.6 Å². The standard InChI is InChI=1S/3C36H27F2N4O5PS.3Na/c3*37-36(38,48(45,46)47)27-16-12-24(13-17-27)21-35(26-6-2-1-3-7-26,42-31-9-5-4-8-29(31)40-41-42)20-23-10-14-25(15-11-23)28-22-49-32-19-18-30(34(43)44)39-33(28)32;;;/h3*1-19,22H,20-21H2,(H,43,44)(H2,45,46,47);;;/q;;;3*+1/p-3. The summed E-state index contributed by atoms with van der Waals surface area (Å²) in [6.07, 6.45) is 1.96. The molecule has 42 heteroatoms. The van der Waals surface area contributed by atoms with Crippen molar-refractivity contribution in [1.29, 1.82) is 0 Å². The van der Waals surface area contributed by atoms with E-state index in [4.69, 9.17) is 0 Å². The van der Waals surface area contributed by atoms with Crippen molar-refractivity contribution in [1.82, 2.24) is 59.9 Å². The number of halogens is 6. The van der Waals surface area contributed by atoms with Gasteiger partial charge in [0.05, 0.1) is 98.8 Å². The second-order valence-corrected chi connectivity index (χ2v) is 42.8. The molecule has 0 saturated carbocycles. The Morgan fingerprint density at radius 2 is 0.480 bits per heavy atom. The molecule has 6 N–H and O–H groups in total. The summed E-state index contributed by atoms with van der Waals surface area (Å²) in [7, 11) is -17.2. The molecule has 27 nitrogen and oxygen atoms in total. The Kier molecular flexibility index (Phi) is 33.0. The van der Waals surface area contributed by atoms with Gasteiger partial charge >= 0.3 is 128 Å². The number of carboxylic acid groups (broad SMARTS) is 3. The molecule has 3 unspecified atom stereocenters. The zero-order valence-corrected chi connectivity index (χ0v) is 90.6. The van der Waals surface area contributed by atoms with Crippen LogP contribution in [-0.2, 0) is 85.8 Å². The summed E-state index contributed by atoms with van der Waals surface area (Å²) in [6.45, 7) is 0. The summed E-state index contributed by atoms with van der Waals surface area (Å²) < 4.78 is 130. The zero-order chi connectivity index (χ0) is 103. The van der Waals surface area contributed by atoms with Gasteiger partial charge in [-0.2, -0.15) is 26.3 Å². The van der Waals surface area contributed by atoms with Gasteiger partial charge < -0.3 is 59.1 Å². The van der Waals surface area contributed by atoms with Gasteiger partial charge in [-0.1, -0.05) is 289 Å². The maximum atomic E-state index is 14.5.